The van der Waals surface area contributed by atoms with Crippen molar-refractivity contribution in [3.8, 4) is 0 Å². The molecule has 1 N–H and O–H groups in total. The normalized spacial score (nSPS) is 24.8. The Kier molecular flexibility index (Phi) is 3.34. The number of aryl methyl sites for hydroxylation is 1. The van der Waals surface area contributed by atoms with E-state index in [1.165, 1.54) is 37.7 Å². The van der Waals surface area contributed by atoms with E-state index in [4.69, 9.17) is 4.42 Å². The summed E-state index contributed by atoms with van der Waals surface area (Å²) in [6, 6.07) is 13.9. The first-order valence-electron chi connectivity index (χ1n) is 8.20. The van der Waals surface area contributed by atoms with E-state index in [0.29, 0.717) is 0 Å². The van der Waals surface area contributed by atoms with Gasteiger partial charge in [-0.1, -0.05) is 24.3 Å². The molecular formula is C19H23NO. The van der Waals surface area contributed by atoms with Gasteiger partial charge in [-0.3, -0.25) is 0 Å². The molecule has 2 aliphatic carbocycles. The minimum atomic E-state index is 0.204. The van der Waals surface area contributed by atoms with Gasteiger partial charge in [0.25, 0.3) is 0 Å². The maximum absolute atomic E-state index is 5.67. The molecule has 1 fully saturated rings. The number of hydrogen-bond donors (Lipinski definition) is 1. The molecule has 2 heteroatoms. The average molecular weight is 281 g/mol. The van der Waals surface area contributed by atoms with Gasteiger partial charge in [0.05, 0.1) is 6.26 Å². The number of fused-ring (bicyclic) bond motifs is 1. The highest BCUT2D eigenvalue weighted by atomic mass is 16.3. The SMILES string of the molecule is c1coc(CC2(CNC3CC3)CCCc3ccccc32)c1. The van der Waals surface area contributed by atoms with E-state index in [2.05, 4.69) is 35.6 Å². The smallest absolute Gasteiger partial charge is 0.104 e. The van der Waals surface area contributed by atoms with E-state index >= 15 is 0 Å². The highest BCUT2D eigenvalue weighted by molar-refractivity contribution is 5.38. The Bertz CT molecular complexity index is 600. The van der Waals surface area contributed by atoms with Crippen molar-refractivity contribution in [3.63, 3.8) is 0 Å². The maximum Gasteiger partial charge on any atom is 0.104 e. The molecule has 0 aliphatic heterocycles. The van der Waals surface area contributed by atoms with Gasteiger partial charge in [-0.25, -0.2) is 0 Å². The lowest BCUT2D eigenvalue weighted by atomic mass is 9.67. The van der Waals surface area contributed by atoms with E-state index in [-0.39, 0.29) is 5.41 Å². The van der Waals surface area contributed by atoms with Crippen molar-refractivity contribution < 1.29 is 4.42 Å². The Balaban J connectivity index is 1.68. The first-order chi connectivity index (χ1) is 10.4. The van der Waals surface area contributed by atoms with Crippen LogP contribution in [0, 0.1) is 0 Å². The topological polar surface area (TPSA) is 25.2 Å². The summed E-state index contributed by atoms with van der Waals surface area (Å²) in [5, 5.41) is 3.78. The van der Waals surface area contributed by atoms with E-state index in [9.17, 15) is 0 Å². The van der Waals surface area contributed by atoms with Crippen LogP contribution >= 0.6 is 0 Å². The molecule has 4 rings (SSSR count). The molecule has 1 saturated carbocycles. The second kappa shape index (κ2) is 5.34. The number of rotatable bonds is 5. The lowest BCUT2D eigenvalue weighted by Crippen LogP contribution is -2.43. The third-order valence-corrected chi connectivity index (χ3v) is 5.09. The Labute approximate surface area is 126 Å². The highest BCUT2D eigenvalue weighted by Crippen LogP contribution is 2.40. The summed E-state index contributed by atoms with van der Waals surface area (Å²) in [6.45, 7) is 1.08. The van der Waals surface area contributed by atoms with Gasteiger partial charge in [0.2, 0.25) is 0 Å². The molecule has 110 valence electrons. The van der Waals surface area contributed by atoms with Gasteiger partial charge in [0.15, 0.2) is 0 Å². The van der Waals surface area contributed by atoms with Gasteiger partial charge in [-0.05, 0) is 55.4 Å². The molecule has 0 saturated heterocycles. The largest absolute Gasteiger partial charge is 0.469 e. The molecule has 1 heterocycles. The summed E-state index contributed by atoms with van der Waals surface area (Å²) in [7, 11) is 0. The third kappa shape index (κ3) is 2.65. The van der Waals surface area contributed by atoms with Gasteiger partial charge < -0.3 is 9.73 Å². The minimum Gasteiger partial charge on any atom is -0.469 e. The van der Waals surface area contributed by atoms with Crippen molar-refractivity contribution in [1.29, 1.82) is 0 Å². The van der Waals surface area contributed by atoms with E-state index < -0.39 is 0 Å². The zero-order valence-electron chi connectivity index (χ0n) is 12.5. The van der Waals surface area contributed by atoms with E-state index in [0.717, 1.165) is 24.8 Å². The molecule has 1 unspecified atom stereocenters. The molecular weight excluding hydrogens is 258 g/mol. The van der Waals surface area contributed by atoms with Crippen LogP contribution in [-0.4, -0.2) is 12.6 Å². The number of benzene rings is 1. The van der Waals surface area contributed by atoms with E-state index in [1.54, 1.807) is 11.8 Å². The van der Waals surface area contributed by atoms with Crippen LogP contribution in [0.25, 0.3) is 0 Å². The molecule has 1 atom stereocenters. The van der Waals surface area contributed by atoms with Gasteiger partial charge in [0.1, 0.15) is 5.76 Å². The van der Waals surface area contributed by atoms with Crippen molar-refractivity contribution in [3.05, 3.63) is 59.5 Å². The van der Waals surface area contributed by atoms with Crippen molar-refractivity contribution in [2.75, 3.05) is 6.54 Å². The minimum absolute atomic E-state index is 0.204. The van der Waals surface area contributed by atoms with E-state index in [1.807, 2.05) is 6.07 Å². The first-order valence-corrected chi connectivity index (χ1v) is 8.20. The van der Waals surface area contributed by atoms with Crippen LogP contribution in [0.4, 0.5) is 0 Å². The molecule has 0 spiro atoms. The molecule has 2 nitrogen and oxygen atoms in total. The summed E-state index contributed by atoms with van der Waals surface area (Å²) in [5.74, 6) is 1.12. The number of furan rings is 1. The predicted molar refractivity (Wildman–Crippen MR) is 84.5 cm³/mol. The molecule has 2 aliphatic rings. The van der Waals surface area contributed by atoms with Crippen LogP contribution in [0.2, 0.25) is 0 Å². The standard InChI is InChI=1S/C19H23NO/c1-2-8-18-15(5-1)6-3-11-19(18,14-20-16-9-10-16)13-17-7-4-12-21-17/h1-2,4-5,7-8,12,16,20H,3,6,9-11,13-14H2. The fourth-order valence-electron chi connectivity index (χ4n) is 3.81. The number of hydrogen-bond acceptors (Lipinski definition) is 2. The Morgan fingerprint density at radius 1 is 1.14 bits per heavy atom. The molecule has 0 bridgehead atoms. The molecule has 0 radical (unpaired) electrons. The molecule has 0 amide bonds. The van der Waals surface area contributed by atoms with Crippen molar-refractivity contribution in [1.82, 2.24) is 5.32 Å². The average Bonchev–Trinajstić information content (AvgIpc) is 3.22. The van der Waals surface area contributed by atoms with Crippen LogP contribution in [-0.2, 0) is 18.3 Å². The van der Waals surface area contributed by atoms with Crippen molar-refractivity contribution in [2.45, 2.75) is 50.0 Å². The molecule has 1 aromatic carbocycles. The van der Waals surface area contributed by atoms with Crippen LogP contribution in [0.5, 0.6) is 0 Å². The third-order valence-electron chi connectivity index (χ3n) is 5.09. The van der Waals surface area contributed by atoms with Crippen LogP contribution in [0.1, 0.15) is 42.6 Å². The van der Waals surface area contributed by atoms with Crippen LogP contribution in [0.3, 0.4) is 0 Å². The van der Waals surface area contributed by atoms with Gasteiger partial charge >= 0.3 is 0 Å². The molecule has 1 aromatic heterocycles. The van der Waals surface area contributed by atoms with Gasteiger partial charge in [0, 0.05) is 24.4 Å². The lowest BCUT2D eigenvalue weighted by Gasteiger charge is -2.39. The summed E-state index contributed by atoms with van der Waals surface area (Å²) >= 11 is 0. The van der Waals surface area contributed by atoms with Crippen LogP contribution in [0.15, 0.2) is 47.1 Å². The summed E-state index contributed by atoms with van der Waals surface area (Å²) < 4.78 is 5.67. The monoisotopic (exact) mass is 281 g/mol. The summed E-state index contributed by atoms with van der Waals surface area (Å²) in [4.78, 5) is 0. The predicted octanol–water partition coefficient (Wildman–Crippen LogP) is 3.85. The Morgan fingerprint density at radius 2 is 2.05 bits per heavy atom. The van der Waals surface area contributed by atoms with Crippen molar-refractivity contribution >= 4 is 0 Å². The quantitative estimate of drug-likeness (QED) is 0.900. The fraction of sp³-hybridized carbons (Fsp3) is 0.474. The fourth-order valence-corrected chi connectivity index (χ4v) is 3.81. The first kappa shape index (κ1) is 13.1. The zero-order valence-corrected chi connectivity index (χ0v) is 12.5. The van der Waals surface area contributed by atoms with Crippen LogP contribution < -0.4 is 5.32 Å². The maximum atomic E-state index is 5.67. The molecule has 21 heavy (non-hydrogen) atoms. The summed E-state index contributed by atoms with van der Waals surface area (Å²) in [5.41, 5.74) is 3.28. The lowest BCUT2D eigenvalue weighted by molar-refractivity contribution is 0.311. The Hall–Kier alpha value is -1.54. The second-order valence-electron chi connectivity index (χ2n) is 6.70. The van der Waals surface area contributed by atoms with Crippen molar-refractivity contribution in [2.24, 2.45) is 0 Å². The van der Waals surface area contributed by atoms with Gasteiger partial charge in [-0.2, -0.15) is 0 Å². The molecule has 2 aromatic rings. The summed E-state index contributed by atoms with van der Waals surface area (Å²) in [6.07, 6.45) is 9.26. The zero-order chi connectivity index (χ0) is 14.1. The second-order valence-corrected chi connectivity index (χ2v) is 6.70. The van der Waals surface area contributed by atoms with Gasteiger partial charge in [-0.15, -0.1) is 0 Å². The number of nitrogens with one attached hydrogen (secondary N) is 1. The highest BCUT2D eigenvalue weighted by Gasteiger charge is 2.38. The Morgan fingerprint density at radius 3 is 2.86 bits per heavy atom.